The number of H-pyrrole nitrogens is 1. The van der Waals surface area contributed by atoms with Gasteiger partial charge in [-0.05, 0) is 18.3 Å². The van der Waals surface area contributed by atoms with E-state index in [1.807, 2.05) is 0 Å². The fraction of sp³-hybridized carbons (Fsp3) is 0.850. The second-order valence-corrected chi connectivity index (χ2v) is 8.44. The van der Waals surface area contributed by atoms with Crippen LogP contribution < -0.4 is 0 Å². The molecule has 1 aromatic rings. The molecule has 2 heteroatoms. The minimum absolute atomic E-state index is 0.177. The zero-order chi connectivity index (χ0) is 17.1. The lowest BCUT2D eigenvalue weighted by molar-refractivity contribution is 0.429. The largest absolute Gasteiger partial charge is 0.345 e. The molecule has 1 heterocycles. The van der Waals surface area contributed by atoms with Crippen molar-refractivity contribution in [1.82, 2.24) is 9.97 Å². The Hall–Kier alpha value is -0.790. The maximum atomic E-state index is 5.07. The van der Waals surface area contributed by atoms with Crippen LogP contribution in [0.4, 0.5) is 0 Å². The van der Waals surface area contributed by atoms with Gasteiger partial charge in [0.2, 0.25) is 0 Å². The van der Waals surface area contributed by atoms with E-state index in [0.717, 1.165) is 0 Å². The van der Waals surface area contributed by atoms with Gasteiger partial charge < -0.3 is 4.98 Å². The second-order valence-electron chi connectivity index (χ2n) is 8.44. The van der Waals surface area contributed by atoms with Crippen molar-refractivity contribution in [3.63, 3.8) is 0 Å². The summed E-state index contributed by atoms with van der Waals surface area (Å²) in [4.78, 5) is 8.81. The summed E-state index contributed by atoms with van der Waals surface area (Å²) in [5, 5.41) is 0. The van der Waals surface area contributed by atoms with E-state index < -0.39 is 0 Å². The maximum Gasteiger partial charge on any atom is 0.109 e. The smallest absolute Gasteiger partial charge is 0.109 e. The summed E-state index contributed by atoms with van der Waals surface area (Å²) in [6.07, 6.45) is 3.75. The highest BCUT2D eigenvalue weighted by Crippen LogP contribution is 2.37. The fourth-order valence-corrected chi connectivity index (χ4v) is 2.84. The van der Waals surface area contributed by atoms with E-state index >= 15 is 0 Å². The van der Waals surface area contributed by atoms with Crippen LogP contribution >= 0.6 is 0 Å². The van der Waals surface area contributed by atoms with Crippen molar-refractivity contribution in [1.29, 1.82) is 0 Å². The Balaban J connectivity index is 3.27. The first-order chi connectivity index (χ1) is 10.1. The van der Waals surface area contributed by atoms with E-state index in [9.17, 15) is 0 Å². The minimum atomic E-state index is 0.177. The molecule has 0 saturated heterocycles. The van der Waals surface area contributed by atoms with E-state index in [1.54, 1.807) is 0 Å². The molecule has 0 radical (unpaired) electrons. The highest BCUT2D eigenvalue weighted by Gasteiger charge is 2.31. The number of nitrogens with one attached hydrogen (secondary N) is 1. The first-order valence-corrected chi connectivity index (χ1v) is 9.22. The van der Waals surface area contributed by atoms with Crippen molar-refractivity contribution in [2.45, 2.75) is 98.8 Å². The average molecular weight is 307 g/mol. The van der Waals surface area contributed by atoms with Gasteiger partial charge >= 0.3 is 0 Å². The molecule has 128 valence electrons. The first-order valence-electron chi connectivity index (χ1n) is 9.22. The monoisotopic (exact) mass is 306 g/mol. The van der Waals surface area contributed by atoms with Crippen LogP contribution in [0, 0.1) is 11.8 Å². The van der Waals surface area contributed by atoms with Crippen molar-refractivity contribution in [2.75, 3.05) is 0 Å². The number of rotatable bonds is 8. The molecular formula is C20H38N2. The number of unbranched alkanes of at least 4 members (excludes halogenated alkanes) is 1. The fourth-order valence-electron chi connectivity index (χ4n) is 2.84. The lowest BCUT2D eigenvalue weighted by atomic mass is 9.79. The van der Waals surface area contributed by atoms with Gasteiger partial charge in [0, 0.05) is 22.9 Å². The number of aromatic amines is 1. The Labute approximate surface area is 138 Å². The zero-order valence-electron chi connectivity index (χ0n) is 16.4. The van der Waals surface area contributed by atoms with Gasteiger partial charge in [0.15, 0.2) is 0 Å². The highest BCUT2D eigenvalue weighted by atomic mass is 15.0. The summed E-state index contributed by atoms with van der Waals surface area (Å²) in [6, 6.07) is 0. The summed E-state index contributed by atoms with van der Waals surface area (Å²) < 4.78 is 0. The topological polar surface area (TPSA) is 28.7 Å². The normalized spacial score (nSPS) is 15.6. The Kier molecular flexibility index (Phi) is 6.70. The molecular weight excluding hydrogens is 268 g/mol. The van der Waals surface area contributed by atoms with Gasteiger partial charge in [-0.1, -0.05) is 75.2 Å². The summed E-state index contributed by atoms with van der Waals surface area (Å²) >= 11 is 0. The van der Waals surface area contributed by atoms with E-state index in [2.05, 4.69) is 67.3 Å². The van der Waals surface area contributed by atoms with Crippen LogP contribution in [-0.2, 0) is 5.41 Å². The quantitative estimate of drug-likeness (QED) is 0.591. The third-order valence-electron chi connectivity index (χ3n) is 5.44. The van der Waals surface area contributed by atoms with Gasteiger partial charge in [0.1, 0.15) is 5.82 Å². The van der Waals surface area contributed by atoms with Crippen LogP contribution in [0.3, 0.4) is 0 Å². The standard InChI is InChI=1S/C20H38N2/c1-10-11-12-20(8,9)18-17(15(6)13(2)3)21-19(22-18)16(7)14(4)5/h13-16H,10-12H2,1-9H3,(H,21,22). The first kappa shape index (κ1) is 19.3. The predicted octanol–water partition coefficient (Wildman–Crippen LogP) is 6.40. The molecule has 0 spiro atoms. The van der Waals surface area contributed by atoms with Crippen molar-refractivity contribution >= 4 is 0 Å². The molecule has 1 aromatic heterocycles. The van der Waals surface area contributed by atoms with Crippen molar-refractivity contribution in [3.05, 3.63) is 17.2 Å². The number of hydrogen-bond donors (Lipinski definition) is 1. The Morgan fingerprint density at radius 3 is 1.95 bits per heavy atom. The summed E-state index contributed by atoms with van der Waals surface area (Å²) in [6.45, 7) is 20.8. The Morgan fingerprint density at radius 1 is 0.955 bits per heavy atom. The molecule has 0 aliphatic heterocycles. The van der Waals surface area contributed by atoms with Crippen LogP contribution in [0.5, 0.6) is 0 Å². The SMILES string of the molecule is CCCCC(C)(C)c1[nH]c(C(C)C(C)C)nc1C(C)C(C)C. The van der Waals surface area contributed by atoms with Gasteiger partial charge in [-0.25, -0.2) is 4.98 Å². The highest BCUT2D eigenvalue weighted by molar-refractivity contribution is 5.27. The van der Waals surface area contributed by atoms with E-state index in [0.29, 0.717) is 23.7 Å². The molecule has 22 heavy (non-hydrogen) atoms. The molecule has 0 amide bonds. The average Bonchev–Trinajstić information content (AvgIpc) is 2.88. The maximum absolute atomic E-state index is 5.07. The molecule has 2 unspecified atom stereocenters. The van der Waals surface area contributed by atoms with E-state index in [1.165, 1.54) is 36.5 Å². The molecule has 0 saturated carbocycles. The molecule has 0 fully saturated rings. The lowest BCUT2D eigenvalue weighted by Crippen LogP contribution is -2.21. The van der Waals surface area contributed by atoms with Gasteiger partial charge in [0.25, 0.3) is 0 Å². The third-order valence-corrected chi connectivity index (χ3v) is 5.44. The predicted molar refractivity (Wildman–Crippen MR) is 97.6 cm³/mol. The summed E-state index contributed by atoms with van der Waals surface area (Å²) in [5.74, 6) is 3.39. The van der Waals surface area contributed by atoms with Crippen LogP contribution in [0.2, 0.25) is 0 Å². The van der Waals surface area contributed by atoms with E-state index in [4.69, 9.17) is 4.98 Å². The van der Waals surface area contributed by atoms with E-state index in [-0.39, 0.29) is 5.41 Å². The third kappa shape index (κ3) is 4.36. The molecule has 0 aliphatic carbocycles. The summed E-state index contributed by atoms with van der Waals surface area (Å²) in [7, 11) is 0. The second kappa shape index (κ2) is 7.66. The van der Waals surface area contributed by atoms with Crippen LogP contribution in [0.15, 0.2) is 0 Å². The molecule has 2 atom stereocenters. The summed E-state index contributed by atoms with van der Waals surface area (Å²) in [5.41, 5.74) is 2.86. The minimum Gasteiger partial charge on any atom is -0.345 e. The zero-order valence-corrected chi connectivity index (χ0v) is 16.4. The lowest BCUT2D eigenvalue weighted by Gasteiger charge is -2.27. The van der Waals surface area contributed by atoms with Crippen molar-refractivity contribution in [2.24, 2.45) is 11.8 Å². The van der Waals surface area contributed by atoms with Crippen LogP contribution in [0.1, 0.15) is 111 Å². The Bertz CT molecular complexity index is 454. The van der Waals surface area contributed by atoms with Gasteiger partial charge in [-0.15, -0.1) is 0 Å². The molecule has 1 rings (SSSR count). The Morgan fingerprint density at radius 2 is 1.50 bits per heavy atom. The number of imidazole rings is 1. The number of hydrogen-bond acceptors (Lipinski definition) is 1. The van der Waals surface area contributed by atoms with Gasteiger partial charge in [0.05, 0.1) is 5.69 Å². The number of nitrogens with zero attached hydrogens (tertiary/aromatic N) is 1. The van der Waals surface area contributed by atoms with Crippen molar-refractivity contribution < 1.29 is 0 Å². The van der Waals surface area contributed by atoms with Crippen molar-refractivity contribution in [3.8, 4) is 0 Å². The molecule has 1 N–H and O–H groups in total. The molecule has 0 aliphatic rings. The number of aromatic nitrogens is 2. The van der Waals surface area contributed by atoms with Crippen LogP contribution in [-0.4, -0.2) is 9.97 Å². The molecule has 0 aromatic carbocycles. The molecule has 0 bridgehead atoms. The van der Waals surface area contributed by atoms with Gasteiger partial charge in [-0.3, -0.25) is 0 Å². The van der Waals surface area contributed by atoms with Gasteiger partial charge in [-0.2, -0.15) is 0 Å². The van der Waals surface area contributed by atoms with Crippen LogP contribution in [0.25, 0.3) is 0 Å². The molecule has 2 nitrogen and oxygen atoms in total.